The summed E-state index contributed by atoms with van der Waals surface area (Å²) in [5.41, 5.74) is 1.43. The molecule has 114 valence electrons. The molecule has 0 amide bonds. The average molecular weight is 310 g/mol. The van der Waals surface area contributed by atoms with E-state index in [4.69, 9.17) is 14.6 Å². The number of aromatic nitrogens is 2. The van der Waals surface area contributed by atoms with E-state index >= 15 is 0 Å². The van der Waals surface area contributed by atoms with E-state index in [1.165, 1.54) is 11.8 Å². The minimum absolute atomic E-state index is 0.133. The second-order valence-corrected chi connectivity index (χ2v) is 5.01. The Kier molecular flexibility index (Phi) is 4.95. The third kappa shape index (κ3) is 3.24. The van der Waals surface area contributed by atoms with Crippen LogP contribution in [0.4, 0.5) is 0 Å². The molecule has 7 heteroatoms. The van der Waals surface area contributed by atoms with Gasteiger partial charge < -0.3 is 19.1 Å². The first kappa shape index (κ1) is 15.5. The predicted octanol–water partition coefficient (Wildman–Crippen LogP) is 2.64. The zero-order valence-corrected chi connectivity index (χ0v) is 13.1. The molecular weight excluding hydrogens is 292 g/mol. The summed E-state index contributed by atoms with van der Waals surface area (Å²) in [4.78, 5) is 15.5. The Bertz CT molecular complexity index is 654. The van der Waals surface area contributed by atoms with Gasteiger partial charge in [-0.1, -0.05) is 11.8 Å². The lowest BCUT2D eigenvalue weighted by atomic mass is 10.2. The highest BCUT2D eigenvalue weighted by Gasteiger charge is 2.16. The van der Waals surface area contributed by atoms with E-state index in [0.717, 1.165) is 5.52 Å². The molecule has 1 aromatic carbocycles. The van der Waals surface area contributed by atoms with Crippen LogP contribution in [0.3, 0.4) is 0 Å². The number of benzene rings is 1. The van der Waals surface area contributed by atoms with Crippen LogP contribution in [0, 0.1) is 0 Å². The van der Waals surface area contributed by atoms with Crippen LogP contribution in [-0.2, 0) is 11.3 Å². The van der Waals surface area contributed by atoms with Crippen molar-refractivity contribution in [2.45, 2.75) is 25.5 Å². The van der Waals surface area contributed by atoms with Crippen molar-refractivity contribution in [2.24, 2.45) is 0 Å². The summed E-state index contributed by atoms with van der Waals surface area (Å²) in [6.45, 7) is 4.69. The van der Waals surface area contributed by atoms with Gasteiger partial charge in [-0.15, -0.1) is 0 Å². The summed E-state index contributed by atoms with van der Waals surface area (Å²) in [6, 6.07) is 3.58. The Balaban J connectivity index is 2.61. The predicted molar refractivity (Wildman–Crippen MR) is 81.5 cm³/mol. The number of nitrogens with zero attached hydrogens (tertiary/aromatic N) is 2. The van der Waals surface area contributed by atoms with Crippen LogP contribution in [0.5, 0.6) is 11.5 Å². The molecule has 0 aliphatic heterocycles. The SMILES string of the molecule is CCOc1cc2nc(SC)n(CC(=O)O)c2cc1OCC. The normalized spacial score (nSPS) is 10.8. The van der Waals surface area contributed by atoms with Gasteiger partial charge in [0.1, 0.15) is 6.54 Å². The Morgan fingerprint density at radius 2 is 1.90 bits per heavy atom. The topological polar surface area (TPSA) is 73.6 Å². The average Bonchev–Trinajstić information content (AvgIpc) is 2.76. The van der Waals surface area contributed by atoms with Gasteiger partial charge in [-0.05, 0) is 20.1 Å². The second kappa shape index (κ2) is 6.71. The number of imidazole rings is 1. The minimum atomic E-state index is -0.906. The molecule has 2 rings (SSSR count). The summed E-state index contributed by atoms with van der Waals surface area (Å²) in [7, 11) is 0. The van der Waals surface area contributed by atoms with Crippen molar-refractivity contribution in [3.05, 3.63) is 12.1 Å². The molecule has 1 N–H and O–H groups in total. The lowest BCUT2D eigenvalue weighted by Crippen LogP contribution is -2.09. The van der Waals surface area contributed by atoms with Crippen molar-refractivity contribution in [3.8, 4) is 11.5 Å². The number of carbonyl (C=O) groups is 1. The highest BCUT2D eigenvalue weighted by molar-refractivity contribution is 7.98. The molecule has 1 heterocycles. The zero-order chi connectivity index (χ0) is 15.4. The van der Waals surface area contributed by atoms with E-state index in [9.17, 15) is 4.79 Å². The number of aliphatic carboxylic acids is 1. The fraction of sp³-hybridized carbons (Fsp3) is 0.429. The van der Waals surface area contributed by atoms with Crippen molar-refractivity contribution >= 4 is 28.8 Å². The third-order valence-electron chi connectivity index (χ3n) is 2.85. The quantitative estimate of drug-likeness (QED) is 0.793. The first-order valence-electron chi connectivity index (χ1n) is 6.66. The van der Waals surface area contributed by atoms with E-state index < -0.39 is 5.97 Å². The molecule has 1 aromatic heterocycles. The number of hydrogen-bond donors (Lipinski definition) is 1. The molecule has 2 aromatic rings. The van der Waals surface area contributed by atoms with Crippen LogP contribution < -0.4 is 9.47 Å². The van der Waals surface area contributed by atoms with Crippen molar-refractivity contribution in [3.63, 3.8) is 0 Å². The van der Waals surface area contributed by atoms with Crippen molar-refractivity contribution in [1.82, 2.24) is 9.55 Å². The van der Waals surface area contributed by atoms with E-state index in [0.29, 0.717) is 35.4 Å². The third-order valence-corrected chi connectivity index (χ3v) is 3.53. The Morgan fingerprint density at radius 3 is 2.43 bits per heavy atom. The van der Waals surface area contributed by atoms with E-state index in [2.05, 4.69) is 4.98 Å². The molecule has 6 nitrogen and oxygen atoms in total. The fourth-order valence-corrected chi connectivity index (χ4v) is 2.66. The molecule has 0 bridgehead atoms. The van der Waals surface area contributed by atoms with Crippen LogP contribution in [-0.4, -0.2) is 40.1 Å². The van der Waals surface area contributed by atoms with Crippen LogP contribution in [0.25, 0.3) is 11.0 Å². The van der Waals surface area contributed by atoms with E-state index in [1.807, 2.05) is 20.1 Å². The van der Waals surface area contributed by atoms with Gasteiger partial charge in [-0.3, -0.25) is 4.79 Å². The number of thioether (sulfide) groups is 1. The number of hydrogen-bond acceptors (Lipinski definition) is 5. The Morgan fingerprint density at radius 1 is 1.29 bits per heavy atom. The highest BCUT2D eigenvalue weighted by Crippen LogP contribution is 2.34. The van der Waals surface area contributed by atoms with Crippen LogP contribution in [0.1, 0.15) is 13.8 Å². The first-order valence-corrected chi connectivity index (χ1v) is 7.88. The summed E-state index contributed by atoms with van der Waals surface area (Å²) in [5, 5.41) is 9.72. The monoisotopic (exact) mass is 310 g/mol. The fourth-order valence-electron chi connectivity index (χ4n) is 2.09. The number of ether oxygens (including phenoxy) is 2. The van der Waals surface area contributed by atoms with Gasteiger partial charge in [-0.25, -0.2) is 4.98 Å². The second-order valence-electron chi connectivity index (χ2n) is 4.23. The smallest absolute Gasteiger partial charge is 0.323 e. The molecular formula is C14H18N2O4S. The van der Waals surface area contributed by atoms with Gasteiger partial charge in [0, 0.05) is 12.1 Å². The highest BCUT2D eigenvalue weighted by atomic mass is 32.2. The maximum absolute atomic E-state index is 11.0. The Labute approximate surface area is 127 Å². The first-order chi connectivity index (χ1) is 10.1. The molecule has 0 radical (unpaired) electrons. The van der Waals surface area contributed by atoms with Crippen molar-refractivity contribution in [2.75, 3.05) is 19.5 Å². The number of carboxylic acids is 1. The maximum Gasteiger partial charge on any atom is 0.323 e. The molecule has 0 saturated carbocycles. The van der Waals surface area contributed by atoms with Gasteiger partial charge in [0.25, 0.3) is 0 Å². The molecule has 0 atom stereocenters. The molecule has 0 aliphatic carbocycles. The molecule has 21 heavy (non-hydrogen) atoms. The van der Waals surface area contributed by atoms with E-state index in [1.54, 1.807) is 16.7 Å². The molecule has 0 saturated heterocycles. The zero-order valence-electron chi connectivity index (χ0n) is 12.3. The van der Waals surface area contributed by atoms with Gasteiger partial charge in [0.2, 0.25) is 0 Å². The minimum Gasteiger partial charge on any atom is -0.490 e. The maximum atomic E-state index is 11.0. The molecule has 0 fully saturated rings. The summed E-state index contributed by atoms with van der Waals surface area (Å²) < 4.78 is 12.8. The van der Waals surface area contributed by atoms with Crippen LogP contribution in [0.2, 0.25) is 0 Å². The molecule has 0 aliphatic rings. The van der Waals surface area contributed by atoms with Gasteiger partial charge in [-0.2, -0.15) is 0 Å². The van der Waals surface area contributed by atoms with Gasteiger partial charge in [0.15, 0.2) is 16.7 Å². The van der Waals surface area contributed by atoms with Crippen LogP contribution in [0.15, 0.2) is 17.3 Å². The Hall–Kier alpha value is -1.89. The molecule has 0 unspecified atom stereocenters. The van der Waals surface area contributed by atoms with Crippen molar-refractivity contribution < 1.29 is 19.4 Å². The molecule has 0 spiro atoms. The number of fused-ring (bicyclic) bond motifs is 1. The largest absolute Gasteiger partial charge is 0.490 e. The summed E-state index contributed by atoms with van der Waals surface area (Å²) in [6.07, 6.45) is 1.87. The standard InChI is InChI=1S/C14H18N2O4S/c1-4-19-11-6-9-10(7-12(11)20-5-2)16(8-13(17)18)14(15-9)21-3/h6-7H,4-5,8H2,1-3H3,(H,17,18). The van der Waals surface area contributed by atoms with Gasteiger partial charge in [0.05, 0.1) is 24.2 Å². The van der Waals surface area contributed by atoms with E-state index in [-0.39, 0.29) is 6.54 Å². The summed E-state index contributed by atoms with van der Waals surface area (Å²) in [5.74, 6) is 0.321. The van der Waals surface area contributed by atoms with Crippen molar-refractivity contribution in [1.29, 1.82) is 0 Å². The number of rotatable bonds is 7. The number of carboxylic acid groups (broad SMARTS) is 1. The lowest BCUT2D eigenvalue weighted by molar-refractivity contribution is -0.137. The lowest BCUT2D eigenvalue weighted by Gasteiger charge is -2.11. The van der Waals surface area contributed by atoms with Crippen LogP contribution >= 0.6 is 11.8 Å². The van der Waals surface area contributed by atoms with Gasteiger partial charge >= 0.3 is 5.97 Å². The summed E-state index contributed by atoms with van der Waals surface area (Å²) >= 11 is 1.41.